The van der Waals surface area contributed by atoms with Gasteiger partial charge in [0.2, 0.25) is 11.8 Å². The first-order chi connectivity index (χ1) is 17.4. The number of piperidine rings is 1. The average Bonchev–Trinajstić information content (AvgIpc) is 2.84. The van der Waals surface area contributed by atoms with Crippen molar-refractivity contribution in [2.75, 3.05) is 19.8 Å². The maximum absolute atomic E-state index is 13.5. The Balaban J connectivity index is 1.18. The number of amides is 2. The van der Waals surface area contributed by atoms with Crippen LogP contribution in [-0.4, -0.2) is 90.6 Å². The van der Waals surface area contributed by atoms with Crippen molar-refractivity contribution in [2.45, 2.75) is 118 Å². The third kappa shape index (κ3) is 6.90. The predicted octanol–water partition coefficient (Wildman–Crippen LogP) is 1.98. The molecule has 0 aromatic rings. The van der Waals surface area contributed by atoms with Crippen LogP contribution in [0.4, 0.5) is 22.0 Å². The summed E-state index contributed by atoms with van der Waals surface area (Å²) in [6, 6.07) is -1.56. The Morgan fingerprint density at radius 1 is 0.892 bits per heavy atom. The molecule has 1 aliphatic heterocycles. The number of carbonyl (C=O) groups excluding carboxylic acids is 2. The second-order valence-corrected chi connectivity index (χ2v) is 11.0. The Morgan fingerprint density at radius 3 is 2.08 bits per heavy atom. The smallest absolute Gasteiger partial charge is 0.391 e. The third-order valence-electron chi connectivity index (χ3n) is 8.42. The molecule has 13 heteroatoms. The highest BCUT2D eigenvalue weighted by atomic mass is 19.4. The minimum Gasteiger partial charge on any atom is -0.391 e. The van der Waals surface area contributed by atoms with Gasteiger partial charge in [-0.15, -0.1) is 0 Å². The van der Waals surface area contributed by atoms with Crippen molar-refractivity contribution < 1.29 is 46.1 Å². The minimum absolute atomic E-state index is 0.00261. The summed E-state index contributed by atoms with van der Waals surface area (Å²) in [6.45, 7) is -0.589. The molecule has 2 amide bonds. The van der Waals surface area contributed by atoms with Crippen LogP contribution in [0.3, 0.4) is 0 Å². The molecule has 0 aromatic carbocycles. The average molecular weight is 542 g/mol. The molecule has 4 aliphatic carbocycles. The molecule has 4 N–H and O–H groups in total. The van der Waals surface area contributed by atoms with E-state index in [2.05, 4.69) is 16.0 Å². The van der Waals surface area contributed by atoms with Crippen LogP contribution in [0, 0.1) is 0 Å². The number of nitrogens with one attached hydrogen (secondary N) is 3. The molecular weight excluding hydrogens is 505 g/mol. The number of aliphatic hydroxyl groups is 1. The van der Waals surface area contributed by atoms with Crippen LogP contribution >= 0.6 is 0 Å². The fourth-order valence-electron chi connectivity index (χ4n) is 6.14. The zero-order valence-corrected chi connectivity index (χ0v) is 20.6. The van der Waals surface area contributed by atoms with Crippen molar-refractivity contribution in [3.05, 3.63) is 0 Å². The van der Waals surface area contributed by atoms with Crippen LogP contribution in [0.5, 0.6) is 0 Å². The maximum Gasteiger partial charge on any atom is 0.403 e. The van der Waals surface area contributed by atoms with Gasteiger partial charge in [0.1, 0.15) is 31.6 Å². The fraction of sp³-hybridized carbons (Fsp3) is 0.917. The van der Waals surface area contributed by atoms with Gasteiger partial charge in [0.15, 0.2) is 0 Å². The summed E-state index contributed by atoms with van der Waals surface area (Å²) in [5.41, 5.74) is -1.48. The molecule has 5 fully saturated rings. The molecule has 5 rings (SSSR count). The van der Waals surface area contributed by atoms with Crippen LogP contribution in [0.25, 0.3) is 0 Å². The van der Waals surface area contributed by atoms with E-state index in [1.165, 1.54) is 0 Å². The van der Waals surface area contributed by atoms with E-state index >= 15 is 0 Å². The lowest BCUT2D eigenvalue weighted by Crippen LogP contribution is -2.70. The van der Waals surface area contributed by atoms with E-state index in [1.54, 1.807) is 0 Å². The summed E-state index contributed by atoms with van der Waals surface area (Å²) < 4.78 is 76.1. The van der Waals surface area contributed by atoms with Crippen LogP contribution < -0.4 is 16.0 Å². The van der Waals surface area contributed by atoms with Gasteiger partial charge >= 0.3 is 6.18 Å². The molecule has 2 bridgehead atoms. The molecule has 0 radical (unpaired) electrons. The summed E-state index contributed by atoms with van der Waals surface area (Å²) in [4.78, 5) is 25.1. The predicted molar refractivity (Wildman–Crippen MR) is 121 cm³/mol. The topological polar surface area (TPSA) is 109 Å². The highest BCUT2D eigenvalue weighted by molar-refractivity contribution is 5.79. The maximum atomic E-state index is 13.5. The summed E-state index contributed by atoms with van der Waals surface area (Å²) in [7, 11) is 0. The van der Waals surface area contributed by atoms with E-state index in [-0.39, 0.29) is 57.8 Å². The van der Waals surface area contributed by atoms with E-state index in [0.29, 0.717) is 32.1 Å². The van der Waals surface area contributed by atoms with Gasteiger partial charge < -0.3 is 30.5 Å². The first-order valence-electron chi connectivity index (χ1n) is 13.0. The Bertz CT molecular complexity index is 815. The van der Waals surface area contributed by atoms with Crippen molar-refractivity contribution in [1.82, 2.24) is 16.0 Å². The number of aliphatic hydroxyl groups excluding tert-OH is 1. The van der Waals surface area contributed by atoms with Gasteiger partial charge in [-0.05, 0) is 57.8 Å². The largest absolute Gasteiger partial charge is 0.403 e. The number of ether oxygens (including phenoxy) is 2. The number of rotatable bonds is 8. The Labute approximate surface area is 212 Å². The molecule has 212 valence electrons. The summed E-state index contributed by atoms with van der Waals surface area (Å²) in [6.07, 6.45) is -6.70. The lowest BCUT2D eigenvalue weighted by atomic mass is 9.60. The zero-order chi connectivity index (χ0) is 26.8. The Hall–Kier alpha value is -1.57. The van der Waals surface area contributed by atoms with E-state index in [1.807, 2.05) is 0 Å². The van der Waals surface area contributed by atoms with E-state index in [0.717, 1.165) is 0 Å². The van der Waals surface area contributed by atoms with E-state index in [9.17, 15) is 36.6 Å². The summed E-state index contributed by atoms with van der Waals surface area (Å²) in [5, 5.41) is 19.1. The van der Waals surface area contributed by atoms with Crippen LogP contribution in [0.2, 0.25) is 0 Å². The molecule has 8 nitrogen and oxygen atoms in total. The minimum atomic E-state index is -4.31. The molecule has 1 saturated heterocycles. The van der Waals surface area contributed by atoms with Gasteiger partial charge in [-0.25, -0.2) is 8.78 Å². The van der Waals surface area contributed by atoms with Crippen molar-refractivity contribution in [2.24, 2.45) is 0 Å². The van der Waals surface area contributed by atoms with E-state index in [4.69, 9.17) is 9.47 Å². The lowest BCUT2D eigenvalue weighted by molar-refractivity contribution is -0.166. The first-order valence-corrected chi connectivity index (χ1v) is 13.0. The van der Waals surface area contributed by atoms with Crippen molar-refractivity contribution >= 4 is 11.8 Å². The fourth-order valence-corrected chi connectivity index (χ4v) is 6.14. The first kappa shape index (κ1) is 28.4. The molecule has 0 spiro atoms. The summed E-state index contributed by atoms with van der Waals surface area (Å²) in [5.74, 6) is -0.830. The zero-order valence-electron chi connectivity index (χ0n) is 20.6. The number of hydrogen-bond acceptors (Lipinski definition) is 6. The van der Waals surface area contributed by atoms with Crippen molar-refractivity contribution in [1.29, 1.82) is 0 Å². The van der Waals surface area contributed by atoms with Crippen LogP contribution in [-0.2, 0) is 19.1 Å². The highest BCUT2D eigenvalue weighted by Crippen LogP contribution is 2.47. The number of halogens is 5. The van der Waals surface area contributed by atoms with Crippen molar-refractivity contribution in [3.63, 3.8) is 0 Å². The number of carbonyl (C=O) groups is 2. The second-order valence-electron chi connectivity index (χ2n) is 11.0. The third-order valence-corrected chi connectivity index (χ3v) is 8.42. The molecule has 37 heavy (non-hydrogen) atoms. The number of hydrogen-bond donors (Lipinski definition) is 4. The summed E-state index contributed by atoms with van der Waals surface area (Å²) >= 11 is 0. The second kappa shape index (κ2) is 11.3. The molecule has 6 unspecified atom stereocenters. The molecule has 5 aliphatic rings. The van der Waals surface area contributed by atoms with Gasteiger partial charge in [0, 0.05) is 18.5 Å². The molecule has 0 aromatic heterocycles. The quantitative estimate of drug-likeness (QED) is 0.350. The molecule has 6 atom stereocenters. The van der Waals surface area contributed by atoms with Gasteiger partial charge in [-0.3, -0.25) is 9.59 Å². The van der Waals surface area contributed by atoms with Gasteiger partial charge in [0.25, 0.3) is 0 Å². The standard InChI is InChI=1S/C24H36F5N3O5/c25-16-3-1-14(9-17(16)26)36-12-20(34)31-22-5-7-23(8-6-22,19(33)10-22)32-21(35)13-37-15-2-4-18(30-11-15)24(27,28)29/h14-19,30,33H,1-13H2,(H,31,34)(H,32,35). The molecular formula is C24H36F5N3O5. The lowest BCUT2D eigenvalue weighted by Gasteiger charge is -2.56. The van der Waals surface area contributed by atoms with Gasteiger partial charge in [-0.2, -0.15) is 13.2 Å². The monoisotopic (exact) mass is 541 g/mol. The Morgan fingerprint density at radius 2 is 1.51 bits per heavy atom. The van der Waals surface area contributed by atoms with Gasteiger partial charge in [0.05, 0.1) is 23.9 Å². The van der Waals surface area contributed by atoms with Crippen LogP contribution in [0.1, 0.15) is 64.2 Å². The van der Waals surface area contributed by atoms with Crippen LogP contribution in [0.15, 0.2) is 0 Å². The normalized spacial score (nSPS) is 40.3. The molecule has 4 saturated carbocycles. The number of fused-ring (bicyclic) bond motifs is 3. The Kier molecular flexibility index (Phi) is 8.66. The van der Waals surface area contributed by atoms with E-state index < -0.39 is 59.9 Å². The highest BCUT2D eigenvalue weighted by Gasteiger charge is 2.55. The van der Waals surface area contributed by atoms with Gasteiger partial charge in [-0.1, -0.05) is 0 Å². The molecule has 1 heterocycles. The SMILES string of the molecule is O=C(COC1CCC(F)C(F)C1)NC12CCC(NC(=O)COC3CCC(C(F)(F)F)NC3)(CC1)C(O)C2. The van der Waals surface area contributed by atoms with Crippen molar-refractivity contribution in [3.8, 4) is 0 Å². The number of alkyl halides is 5.